The van der Waals surface area contributed by atoms with Gasteiger partial charge < -0.3 is 4.74 Å². The highest BCUT2D eigenvalue weighted by atomic mass is 19.1. The van der Waals surface area contributed by atoms with E-state index >= 15 is 0 Å². The van der Waals surface area contributed by atoms with Gasteiger partial charge in [-0.1, -0.05) is 25.5 Å². The van der Waals surface area contributed by atoms with Crippen molar-refractivity contribution in [1.82, 2.24) is 19.6 Å². The third-order valence-corrected chi connectivity index (χ3v) is 5.63. The maximum absolute atomic E-state index is 13.5. The Labute approximate surface area is 196 Å². The van der Waals surface area contributed by atoms with E-state index in [1.165, 1.54) is 33.7 Å². The van der Waals surface area contributed by atoms with Crippen molar-refractivity contribution in [1.29, 1.82) is 0 Å². The molecule has 2 heterocycles. The van der Waals surface area contributed by atoms with Crippen LogP contribution >= 0.6 is 0 Å². The third kappa shape index (κ3) is 4.68. The summed E-state index contributed by atoms with van der Waals surface area (Å²) in [5.74, 6) is 0.141. The van der Waals surface area contributed by atoms with Gasteiger partial charge in [0.1, 0.15) is 11.6 Å². The van der Waals surface area contributed by atoms with E-state index in [4.69, 9.17) is 4.74 Å². The van der Waals surface area contributed by atoms with Crippen LogP contribution in [0.4, 0.5) is 10.3 Å². The van der Waals surface area contributed by atoms with Gasteiger partial charge in [0.15, 0.2) is 0 Å². The number of amides is 1. The highest BCUT2D eigenvalue weighted by molar-refractivity contribution is 6.05. The lowest BCUT2D eigenvalue weighted by atomic mass is 10.1. The number of aromatic nitrogens is 4. The second kappa shape index (κ2) is 9.86. The second-order valence-electron chi connectivity index (χ2n) is 8.02. The summed E-state index contributed by atoms with van der Waals surface area (Å²) in [6, 6.07) is 12.6. The van der Waals surface area contributed by atoms with Crippen molar-refractivity contribution in [2.75, 3.05) is 12.0 Å². The number of nitrogens with one attached hydrogen (secondary N) is 1. The minimum atomic E-state index is -0.439. The van der Waals surface area contributed by atoms with Gasteiger partial charge in [0, 0.05) is 11.1 Å². The topological polar surface area (TPSA) is 92.6 Å². The SMILES string of the molecule is CCCCc1c(C)nc2nc(N(Cc3cccc(OC)c3)C(=O)c3ccc(F)cc3)[nH]n2c1=O. The number of anilines is 1. The Kier molecular flexibility index (Phi) is 6.72. The largest absolute Gasteiger partial charge is 0.497 e. The van der Waals surface area contributed by atoms with E-state index < -0.39 is 11.7 Å². The lowest BCUT2D eigenvalue weighted by Gasteiger charge is -2.20. The summed E-state index contributed by atoms with van der Waals surface area (Å²) >= 11 is 0. The van der Waals surface area contributed by atoms with Gasteiger partial charge in [-0.3, -0.25) is 19.6 Å². The van der Waals surface area contributed by atoms with Gasteiger partial charge >= 0.3 is 0 Å². The van der Waals surface area contributed by atoms with Crippen LogP contribution in [0.5, 0.6) is 5.75 Å². The Balaban J connectivity index is 1.80. The molecule has 34 heavy (non-hydrogen) atoms. The summed E-state index contributed by atoms with van der Waals surface area (Å²) in [5.41, 5.74) is 2.09. The summed E-state index contributed by atoms with van der Waals surface area (Å²) in [6.07, 6.45) is 2.44. The first-order chi connectivity index (χ1) is 16.4. The summed E-state index contributed by atoms with van der Waals surface area (Å²) in [5, 5.41) is 2.95. The number of fused-ring (bicyclic) bond motifs is 1. The number of H-pyrrole nitrogens is 1. The Bertz CT molecular complexity index is 1380. The zero-order chi connectivity index (χ0) is 24.2. The number of ether oxygens (including phenoxy) is 1. The van der Waals surface area contributed by atoms with Crippen molar-refractivity contribution in [2.24, 2.45) is 0 Å². The van der Waals surface area contributed by atoms with Gasteiger partial charge in [-0.25, -0.2) is 9.37 Å². The first kappa shape index (κ1) is 23.2. The van der Waals surface area contributed by atoms with Gasteiger partial charge in [0.25, 0.3) is 17.2 Å². The van der Waals surface area contributed by atoms with Crippen molar-refractivity contribution >= 4 is 17.6 Å². The fraction of sp³-hybridized carbons (Fsp3) is 0.280. The molecule has 9 heteroatoms. The number of halogens is 1. The number of nitrogens with zero attached hydrogens (tertiary/aromatic N) is 4. The number of benzene rings is 2. The van der Waals surface area contributed by atoms with Gasteiger partial charge in [-0.2, -0.15) is 9.50 Å². The van der Waals surface area contributed by atoms with Gasteiger partial charge in [-0.15, -0.1) is 0 Å². The maximum Gasteiger partial charge on any atom is 0.277 e. The molecular formula is C25H26FN5O3. The molecule has 0 bridgehead atoms. The number of carbonyl (C=O) groups excluding carboxylic acids is 1. The Morgan fingerprint density at radius 2 is 1.94 bits per heavy atom. The molecule has 1 amide bonds. The van der Waals surface area contributed by atoms with Crippen LogP contribution in [0.2, 0.25) is 0 Å². The van der Waals surface area contributed by atoms with E-state index in [0.29, 0.717) is 23.4 Å². The number of methoxy groups -OCH3 is 1. The summed E-state index contributed by atoms with van der Waals surface area (Å²) in [7, 11) is 1.57. The van der Waals surface area contributed by atoms with Crippen LogP contribution in [-0.2, 0) is 13.0 Å². The smallest absolute Gasteiger partial charge is 0.277 e. The molecule has 1 N–H and O–H groups in total. The highest BCUT2D eigenvalue weighted by Crippen LogP contribution is 2.20. The van der Waals surface area contributed by atoms with Crippen LogP contribution in [0.25, 0.3) is 5.78 Å². The first-order valence-electron chi connectivity index (χ1n) is 11.1. The average Bonchev–Trinajstić information content (AvgIpc) is 3.26. The van der Waals surface area contributed by atoms with Crippen molar-refractivity contribution in [3.05, 3.63) is 87.1 Å². The highest BCUT2D eigenvalue weighted by Gasteiger charge is 2.23. The minimum absolute atomic E-state index is 0.143. The lowest BCUT2D eigenvalue weighted by molar-refractivity contribution is 0.0983. The number of unbranched alkanes of at least 4 members (excludes halogenated alkanes) is 1. The molecule has 0 aliphatic rings. The number of hydrogen-bond acceptors (Lipinski definition) is 5. The molecule has 4 rings (SSSR count). The fourth-order valence-corrected chi connectivity index (χ4v) is 3.75. The molecule has 0 fully saturated rings. The predicted octanol–water partition coefficient (Wildman–Crippen LogP) is 4.06. The molecule has 0 saturated carbocycles. The molecule has 2 aromatic heterocycles. The molecule has 0 unspecified atom stereocenters. The molecule has 0 spiro atoms. The minimum Gasteiger partial charge on any atom is -0.497 e. The number of rotatable bonds is 8. The second-order valence-corrected chi connectivity index (χ2v) is 8.02. The van der Waals surface area contributed by atoms with Crippen molar-refractivity contribution in [2.45, 2.75) is 39.7 Å². The number of aryl methyl sites for hydroxylation is 1. The quantitative estimate of drug-likeness (QED) is 0.425. The number of hydrogen-bond donors (Lipinski definition) is 1. The molecule has 4 aromatic rings. The average molecular weight is 464 g/mol. The predicted molar refractivity (Wildman–Crippen MR) is 127 cm³/mol. The Hall–Kier alpha value is -4.01. The standard InChI is InChI=1S/C25H26FN5O3/c1-4-5-9-21-16(2)27-24-28-25(29-31(24)23(21)33)30(15-17-7-6-8-20(14-17)34-3)22(32)18-10-12-19(26)13-11-18/h6-8,10-14H,4-5,9,15H2,1-3H3,(H,27,28,29). The van der Waals surface area contributed by atoms with E-state index in [-0.39, 0.29) is 29.4 Å². The monoisotopic (exact) mass is 463 g/mol. The Morgan fingerprint density at radius 1 is 1.18 bits per heavy atom. The molecule has 0 aliphatic heterocycles. The zero-order valence-electron chi connectivity index (χ0n) is 19.3. The van der Waals surface area contributed by atoms with Crippen LogP contribution < -0.4 is 15.2 Å². The van der Waals surface area contributed by atoms with Gasteiger partial charge in [0.05, 0.1) is 19.3 Å². The van der Waals surface area contributed by atoms with E-state index in [0.717, 1.165) is 18.4 Å². The molecule has 176 valence electrons. The van der Waals surface area contributed by atoms with Crippen LogP contribution in [0.15, 0.2) is 53.3 Å². The molecule has 0 atom stereocenters. The van der Waals surface area contributed by atoms with E-state index in [1.807, 2.05) is 18.2 Å². The van der Waals surface area contributed by atoms with Crippen LogP contribution in [0.1, 0.15) is 46.9 Å². The zero-order valence-corrected chi connectivity index (χ0v) is 19.3. The third-order valence-electron chi connectivity index (χ3n) is 5.63. The fourth-order valence-electron chi connectivity index (χ4n) is 3.75. The van der Waals surface area contributed by atoms with Crippen molar-refractivity contribution in [3.63, 3.8) is 0 Å². The molecule has 8 nitrogen and oxygen atoms in total. The summed E-state index contributed by atoms with van der Waals surface area (Å²) < 4.78 is 20.0. The number of carbonyl (C=O) groups is 1. The first-order valence-corrected chi connectivity index (χ1v) is 11.1. The van der Waals surface area contributed by atoms with E-state index in [9.17, 15) is 14.0 Å². The molecule has 0 aliphatic carbocycles. The van der Waals surface area contributed by atoms with Crippen LogP contribution in [0.3, 0.4) is 0 Å². The molecule has 0 radical (unpaired) electrons. The van der Waals surface area contributed by atoms with Gasteiger partial charge in [0.2, 0.25) is 5.95 Å². The van der Waals surface area contributed by atoms with E-state index in [1.54, 1.807) is 20.1 Å². The Morgan fingerprint density at radius 3 is 2.65 bits per heavy atom. The summed E-state index contributed by atoms with van der Waals surface area (Å²) in [6.45, 7) is 3.99. The van der Waals surface area contributed by atoms with Gasteiger partial charge in [-0.05, 0) is 61.7 Å². The van der Waals surface area contributed by atoms with E-state index in [2.05, 4.69) is 22.0 Å². The molecular weight excluding hydrogens is 437 g/mol. The lowest BCUT2D eigenvalue weighted by Crippen LogP contribution is -2.31. The van der Waals surface area contributed by atoms with Crippen LogP contribution in [-0.4, -0.2) is 32.6 Å². The van der Waals surface area contributed by atoms with Crippen LogP contribution in [0, 0.1) is 12.7 Å². The molecule has 0 saturated heterocycles. The van der Waals surface area contributed by atoms with Crippen molar-refractivity contribution < 1.29 is 13.9 Å². The molecule has 2 aromatic carbocycles. The number of aromatic amines is 1. The maximum atomic E-state index is 13.5. The normalized spacial score (nSPS) is 11.1. The summed E-state index contributed by atoms with van der Waals surface area (Å²) in [4.78, 5) is 36.9. The van der Waals surface area contributed by atoms with Crippen molar-refractivity contribution in [3.8, 4) is 5.75 Å².